The predicted octanol–water partition coefficient (Wildman–Crippen LogP) is 3.14. The lowest BCUT2D eigenvalue weighted by Gasteiger charge is -2.38. The van der Waals surface area contributed by atoms with E-state index >= 15 is 0 Å². The Labute approximate surface area is 166 Å². The standard InChI is InChI=1S/C21H32O7/c1-8-26-16(23)11-15-12-21(10-9-14(15)13-22,17(24)27-19(2,3)4)18(25)28-20(5,6)7/h9,13,15H,8,10-12H2,1-7H3. The Morgan fingerprint density at radius 1 is 1.07 bits per heavy atom. The number of rotatable bonds is 6. The molecule has 0 aliphatic heterocycles. The van der Waals surface area contributed by atoms with Crippen molar-refractivity contribution in [1.82, 2.24) is 0 Å². The van der Waals surface area contributed by atoms with Crippen LogP contribution in [0.1, 0.15) is 67.7 Å². The van der Waals surface area contributed by atoms with Crippen LogP contribution in [0.3, 0.4) is 0 Å². The van der Waals surface area contributed by atoms with Crippen molar-refractivity contribution in [3.8, 4) is 0 Å². The number of aldehydes is 1. The van der Waals surface area contributed by atoms with Gasteiger partial charge >= 0.3 is 17.9 Å². The van der Waals surface area contributed by atoms with Crippen LogP contribution in [0.15, 0.2) is 11.6 Å². The Hall–Kier alpha value is -2.18. The molecule has 0 aromatic rings. The largest absolute Gasteiger partial charge is 0.466 e. The van der Waals surface area contributed by atoms with E-state index < -0.39 is 40.4 Å². The minimum Gasteiger partial charge on any atom is -0.466 e. The first-order valence-corrected chi connectivity index (χ1v) is 9.52. The van der Waals surface area contributed by atoms with Gasteiger partial charge < -0.3 is 14.2 Å². The monoisotopic (exact) mass is 396 g/mol. The lowest BCUT2D eigenvalue weighted by molar-refractivity contribution is -0.187. The summed E-state index contributed by atoms with van der Waals surface area (Å²) in [6.45, 7) is 12.1. The number of hydrogen-bond donors (Lipinski definition) is 0. The van der Waals surface area contributed by atoms with Gasteiger partial charge in [0.1, 0.15) is 17.5 Å². The molecule has 1 rings (SSSR count). The molecule has 0 radical (unpaired) electrons. The van der Waals surface area contributed by atoms with Gasteiger partial charge in [-0.2, -0.15) is 0 Å². The first kappa shape index (κ1) is 23.9. The third-order valence-corrected chi connectivity index (χ3v) is 4.19. The Bertz CT molecular complexity index is 619. The van der Waals surface area contributed by atoms with Gasteiger partial charge in [-0.25, -0.2) is 0 Å². The fraction of sp³-hybridized carbons (Fsp3) is 0.714. The molecule has 7 nitrogen and oxygen atoms in total. The summed E-state index contributed by atoms with van der Waals surface area (Å²) < 4.78 is 16.0. The number of esters is 3. The molecule has 1 atom stereocenters. The lowest BCUT2D eigenvalue weighted by Crippen LogP contribution is -2.49. The summed E-state index contributed by atoms with van der Waals surface area (Å²) in [6.07, 6.45) is 1.99. The maximum atomic E-state index is 13.1. The highest BCUT2D eigenvalue weighted by Gasteiger charge is 2.53. The first-order chi connectivity index (χ1) is 12.7. The Morgan fingerprint density at radius 3 is 1.96 bits per heavy atom. The highest BCUT2D eigenvalue weighted by atomic mass is 16.6. The summed E-state index contributed by atoms with van der Waals surface area (Å²) in [5, 5.41) is 0. The number of ether oxygens (including phenoxy) is 3. The van der Waals surface area contributed by atoms with E-state index in [0.29, 0.717) is 11.9 Å². The summed E-state index contributed by atoms with van der Waals surface area (Å²) in [6, 6.07) is 0. The van der Waals surface area contributed by atoms with E-state index in [1.807, 2.05) is 0 Å². The molecule has 0 aromatic heterocycles. The average molecular weight is 396 g/mol. The zero-order chi connectivity index (χ0) is 21.8. The second kappa shape index (κ2) is 8.88. The highest BCUT2D eigenvalue weighted by molar-refractivity contribution is 6.01. The van der Waals surface area contributed by atoms with Crippen LogP contribution < -0.4 is 0 Å². The zero-order valence-corrected chi connectivity index (χ0v) is 17.9. The minimum atomic E-state index is -1.62. The van der Waals surface area contributed by atoms with Crippen LogP contribution in [0.4, 0.5) is 0 Å². The third-order valence-electron chi connectivity index (χ3n) is 4.19. The van der Waals surface area contributed by atoms with Crippen LogP contribution in [0.2, 0.25) is 0 Å². The Balaban J connectivity index is 3.32. The van der Waals surface area contributed by atoms with Crippen molar-refractivity contribution in [2.45, 2.75) is 78.9 Å². The molecule has 0 N–H and O–H groups in total. The van der Waals surface area contributed by atoms with Gasteiger partial charge in [0.15, 0.2) is 5.41 Å². The van der Waals surface area contributed by atoms with Crippen molar-refractivity contribution in [3.63, 3.8) is 0 Å². The van der Waals surface area contributed by atoms with Crippen molar-refractivity contribution in [3.05, 3.63) is 11.6 Å². The lowest BCUT2D eigenvalue weighted by atomic mass is 9.69. The van der Waals surface area contributed by atoms with Crippen molar-refractivity contribution in [2.75, 3.05) is 6.61 Å². The SMILES string of the molecule is CCOC(=O)CC1CC(C(=O)OC(C)(C)C)(C(=O)OC(C)(C)C)CC=C1C=O. The quantitative estimate of drug-likeness (QED) is 0.294. The normalized spacial score (nSPS) is 19.2. The number of allylic oxidation sites excluding steroid dienone is 2. The van der Waals surface area contributed by atoms with Gasteiger partial charge in [-0.15, -0.1) is 0 Å². The van der Waals surface area contributed by atoms with Crippen LogP contribution in [0.5, 0.6) is 0 Å². The third kappa shape index (κ3) is 6.46. The van der Waals surface area contributed by atoms with E-state index in [0.717, 1.165) is 0 Å². The fourth-order valence-corrected chi connectivity index (χ4v) is 3.00. The summed E-state index contributed by atoms with van der Waals surface area (Å²) in [5.41, 5.74) is -2.87. The van der Waals surface area contributed by atoms with Crippen LogP contribution in [-0.2, 0) is 33.4 Å². The van der Waals surface area contributed by atoms with Crippen LogP contribution >= 0.6 is 0 Å². The highest BCUT2D eigenvalue weighted by Crippen LogP contribution is 2.43. The fourth-order valence-electron chi connectivity index (χ4n) is 3.00. The molecule has 0 spiro atoms. The van der Waals surface area contributed by atoms with Gasteiger partial charge in [-0.1, -0.05) is 6.08 Å². The molecule has 1 unspecified atom stereocenters. The second-order valence-corrected chi connectivity index (χ2v) is 9.02. The van der Waals surface area contributed by atoms with Gasteiger partial charge in [0, 0.05) is 0 Å². The molecule has 0 bridgehead atoms. The Morgan fingerprint density at radius 2 is 1.57 bits per heavy atom. The van der Waals surface area contributed by atoms with Gasteiger partial charge in [0.2, 0.25) is 0 Å². The molecular formula is C21H32O7. The maximum absolute atomic E-state index is 13.1. The van der Waals surface area contributed by atoms with E-state index in [1.165, 1.54) is 6.08 Å². The molecule has 1 aliphatic rings. The second-order valence-electron chi connectivity index (χ2n) is 9.02. The van der Waals surface area contributed by atoms with E-state index in [4.69, 9.17) is 14.2 Å². The summed E-state index contributed by atoms with van der Waals surface area (Å²) in [7, 11) is 0. The zero-order valence-electron chi connectivity index (χ0n) is 17.9. The van der Waals surface area contributed by atoms with E-state index in [-0.39, 0.29) is 25.9 Å². The molecule has 0 fully saturated rings. The smallest absolute Gasteiger partial charge is 0.324 e. The molecule has 158 valence electrons. The number of carbonyl (C=O) groups excluding carboxylic acids is 4. The van der Waals surface area contributed by atoms with Crippen molar-refractivity contribution in [2.24, 2.45) is 11.3 Å². The van der Waals surface area contributed by atoms with E-state index in [2.05, 4.69) is 0 Å². The predicted molar refractivity (Wildman–Crippen MR) is 102 cm³/mol. The molecule has 7 heteroatoms. The van der Waals surface area contributed by atoms with Crippen molar-refractivity contribution >= 4 is 24.2 Å². The molecule has 0 saturated heterocycles. The average Bonchev–Trinajstić information content (AvgIpc) is 2.51. The molecule has 0 saturated carbocycles. The minimum absolute atomic E-state index is 0.0236. The van der Waals surface area contributed by atoms with E-state index in [9.17, 15) is 19.2 Å². The first-order valence-electron chi connectivity index (χ1n) is 9.52. The Kier molecular flexibility index (Phi) is 7.57. The van der Waals surface area contributed by atoms with Gasteiger partial charge in [0.25, 0.3) is 0 Å². The van der Waals surface area contributed by atoms with Crippen LogP contribution in [0.25, 0.3) is 0 Å². The van der Waals surface area contributed by atoms with Gasteiger partial charge in [-0.05, 0) is 72.8 Å². The maximum Gasteiger partial charge on any atom is 0.324 e. The molecule has 1 aliphatic carbocycles. The van der Waals surface area contributed by atoms with Crippen LogP contribution in [-0.4, -0.2) is 42.0 Å². The topological polar surface area (TPSA) is 96.0 Å². The summed E-state index contributed by atoms with van der Waals surface area (Å²) >= 11 is 0. The van der Waals surface area contributed by atoms with Gasteiger partial charge in [-0.3, -0.25) is 19.2 Å². The molecule has 28 heavy (non-hydrogen) atoms. The number of hydrogen-bond acceptors (Lipinski definition) is 7. The van der Waals surface area contributed by atoms with Gasteiger partial charge in [0.05, 0.1) is 13.0 Å². The van der Waals surface area contributed by atoms with Crippen molar-refractivity contribution in [1.29, 1.82) is 0 Å². The molecule has 0 heterocycles. The van der Waals surface area contributed by atoms with Crippen LogP contribution in [0, 0.1) is 11.3 Å². The molecular weight excluding hydrogens is 364 g/mol. The summed E-state index contributed by atoms with van der Waals surface area (Å²) in [4.78, 5) is 49.6. The molecule has 0 aromatic carbocycles. The van der Waals surface area contributed by atoms with Crippen molar-refractivity contribution < 1.29 is 33.4 Å². The number of carbonyl (C=O) groups is 4. The summed E-state index contributed by atoms with van der Waals surface area (Å²) in [5.74, 6) is -2.57. The molecule has 0 amide bonds. The van der Waals surface area contributed by atoms with E-state index in [1.54, 1.807) is 48.5 Å².